The first-order valence-corrected chi connectivity index (χ1v) is 6.89. The molecule has 1 atom stereocenters. The first-order valence-electron chi connectivity index (χ1n) is 6.89. The number of hydrogen-bond acceptors (Lipinski definition) is 3. The monoisotopic (exact) mass is 261 g/mol. The molecule has 2 rings (SSSR count). The van der Waals surface area contributed by atoms with Gasteiger partial charge in [-0.15, -0.1) is 0 Å². The Balaban J connectivity index is 1.79. The van der Waals surface area contributed by atoms with Crippen molar-refractivity contribution in [2.45, 2.75) is 25.4 Å². The largest absolute Gasteiger partial charge is 0.355 e. The summed E-state index contributed by atoms with van der Waals surface area (Å²) in [5.74, 6) is 0.119. The number of carbonyl (C=O) groups excluding carboxylic acids is 1. The van der Waals surface area contributed by atoms with Crippen LogP contribution in [0.5, 0.6) is 0 Å². The molecule has 0 fully saturated rings. The molecular formula is C15H23N3O. The highest BCUT2D eigenvalue weighted by Crippen LogP contribution is 2.16. The van der Waals surface area contributed by atoms with E-state index in [-0.39, 0.29) is 11.9 Å². The van der Waals surface area contributed by atoms with Crippen LogP contribution in [0.15, 0.2) is 24.3 Å². The van der Waals surface area contributed by atoms with Crippen LogP contribution in [0.25, 0.3) is 0 Å². The van der Waals surface area contributed by atoms with Crippen LogP contribution >= 0.6 is 0 Å². The van der Waals surface area contributed by atoms with Crippen LogP contribution in [0.3, 0.4) is 0 Å². The van der Waals surface area contributed by atoms with E-state index >= 15 is 0 Å². The normalized spacial score (nSPS) is 18.2. The maximum Gasteiger partial charge on any atom is 0.237 e. The molecule has 0 saturated heterocycles. The van der Waals surface area contributed by atoms with Crippen molar-refractivity contribution in [1.82, 2.24) is 15.5 Å². The van der Waals surface area contributed by atoms with Gasteiger partial charge in [0, 0.05) is 13.1 Å². The van der Waals surface area contributed by atoms with E-state index in [1.165, 1.54) is 11.1 Å². The zero-order valence-corrected chi connectivity index (χ0v) is 11.8. The van der Waals surface area contributed by atoms with Crippen LogP contribution in [0.4, 0.5) is 0 Å². The van der Waals surface area contributed by atoms with Gasteiger partial charge in [0.2, 0.25) is 5.91 Å². The lowest BCUT2D eigenvalue weighted by Gasteiger charge is -2.25. The zero-order chi connectivity index (χ0) is 13.7. The number of benzene rings is 1. The molecule has 0 aromatic heterocycles. The third-order valence-corrected chi connectivity index (χ3v) is 3.48. The molecule has 0 unspecified atom stereocenters. The number of hydrogen-bond donors (Lipinski definition) is 2. The molecule has 2 N–H and O–H groups in total. The summed E-state index contributed by atoms with van der Waals surface area (Å²) in [6.45, 7) is 2.53. The van der Waals surface area contributed by atoms with Crippen LogP contribution in [-0.4, -0.2) is 44.0 Å². The predicted molar refractivity (Wildman–Crippen MR) is 77.0 cm³/mol. The zero-order valence-electron chi connectivity index (χ0n) is 11.8. The van der Waals surface area contributed by atoms with Crippen molar-refractivity contribution in [2.75, 3.05) is 27.2 Å². The molecule has 0 radical (unpaired) electrons. The molecule has 0 saturated carbocycles. The summed E-state index contributed by atoms with van der Waals surface area (Å²) in [7, 11) is 4.09. The van der Waals surface area contributed by atoms with Gasteiger partial charge < -0.3 is 15.5 Å². The minimum absolute atomic E-state index is 0.0887. The Labute approximate surface area is 115 Å². The second-order valence-electron chi connectivity index (χ2n) is 5.35. The number of nitrogens with one attached hydrogen (secondary N) is 2. The van der Waals surface area contributed by atoms with Gasteiger partial charge in [-0.3, -0.25) is 4.79 Å². The first-order chi connectivity index (χ1) is 9.16. The SMILES string of the molecule is CN(C)CCCNC(=O)[C@@H]1Cc2ccccc2CN1. The number of rotatable bonds is 5. The fourth-order valence-electron chi connectivity index (χ4n) is 2.37. The summed E-state index contributed by atoms with van der Waals surface area (Å²) in [6.07, 6.45) is 1.78. The summed E-state index contributed by atoms with van der Waals surface area (Å²) >= 11 is 0. The summed E-state index contributed by atoms with van der Waals surface area (Å²) in [5.41, 5.74) is 2.59. The molecule has 104 valence electrons. The molecule has 1 aliphatic rings. The van der Waals surface area contributed by atoms with Crippen molar-refractivity contribution in [3.63, 3.8) is 0 Å². The third-order valence-electron chi connectivity index (χ3n) is 3.48. The van der Waals surface area contributed by atoms with E-state index in [1.54, 1.807) is 0 Å². The lowest BCUT2D eigenvalue weighted by molar-refractivity contribution is -0.123. The average Bonchev–Trinajstić information content (AvgIpc) is 2.42. The van der Waals surface area contributed by atoms with Gasteiger partial charge in [0.05, 0.1) is 6.04 Å². The molecule has 4 nitrogen and oxygen atoms in total. The summed E-state index contributed by atoms with van der Waals surface area (Å²) in [5, 5.41) is 6.31. The van der Waals surface area contributed by atoms with Gasteiger partial charge >= 0.3 is 0 Å². The van der Waals surface area contributed by atoms with E-state index in [0.29, 0.717) is 0 Å². The van der Waals surface area contributed by atoms with Crippen molar-refractivity contribution in [1.29, 1.82) is 0 Å². The van der Waals surface area contributed by atoms with E-state index in [1.807, 2.05) is 26.2 Å². The Morgan fingerprint density at radius 1 is 1.37 bits per heavy atom. The van der Waals surface area contributed by atoms with Crippen molar-refractivity contribution >= 4 is 5.91 Å². The highest BCUT2D eigenvalue weighted by Gasteiger charge is 2.23. The lowest BCUT2D eigenvalue weighted by atomic mass is 9.95. The maximum atomic E-state index is 12.1. The summed E-state index contributed by atoms with van der Waals surface area (Å²) < 4.78 is 0. The molecule has 1 aromatic carbocycles. The Bertz CT molecular complexity index is 431. The molecule has 1 heterocycles. The molecule has 0 spiro atoms. The second kappa shape index (κ2) is 6.68. The van der Waals surface area contributed by atoms with E-state index < -0.39 is 0 Å². The molecule has 1 aliphatic heterocycles. The van der Waals surface area contributed by atoms with Gasteiger partial charge in [0.1, 0.15) is 0 Å². The van der Waals surface area contributed by atoms with Crippen LogP contribution in [0.2, 0.25) is 0 Å². The Morgan fingerprint density at radius 3 is 2.84 bits per heavy atom. The minimum atomic E-state index is -0.0887. The van der Waals surface area contributed by atoms with E-state index in [0.717, 1.165) is 32.5 Å². The van der Waals surface area contributed by atoms with Crippen molar-refractivity contribution in [2.24, 2.45) is 0 Å². The highest BCUT2D eigenvalue weighted by molar-refractivity contribution is 5.82. The predicted octanol–water partition coefficient (Wildman–Crippen LogP) is 0.769. The molecule has 1 aromatic rings. The van der Waals surface area contributed by atoms with Gasteiger partial charge in [-0.05, 0) is 44.6 Å². The van der Waals surface area contributed by atoms with Gasteiger partial charge in [0.15, 0.2) is 0 Å². The third kappa shape index (κ3) is 4.04. The summed E-state index contributed by atoms with van der Waals surface area (Å²) in [4.78, 5) is 14.2. The quantitative estimate of drug-likeness (QED) is 0.770. The number of nitrogens with zero attached hydrogens (tertiary/aromatic N) is 1. The van der Waals surface area contributed by atoms with Crippen LogP contribution in [-0.2, 0) is 17.8 Å². The second-order valence-corrected chi connectivity index (χ2v) is 5.35. The van der Waals surface area contributed by atoms with Crippen LogP contribution in [0, 0.1) is 0 Å². The standard InChI is InChI=1S/C15H23N3O/c1-18(2)9-5-8-16-15(19)14-10-12-6-3-4-7-13(12)11-17-14/h3-4,6-7,14,17H,5,8-11H2,1-2H3,(H,16,19)/t14-/m0/s1. The van der Waals surface area contributed by atoms with E-state index in [2.05, 4.69) is 27.7 Å². The molecule has 1 amide bonds. The van der Waals surface area contributed by atoms with Crippen LogP contribution in [0.1, 0.15) is 17.5 Å². The van der Waals surface area contributed by atoms with Gasteiger partial charge in [-0.1, -0.05) is 24.3 Å². The maximum absolute atomic E-state index is 12.1. The molecular weight excluding hydrogens is 238 g/mol. The van der Waals surface area contributed by atoms with Crippen LogP contribution < -0.4 is 10.6 Å². The number of fused-ring (bicyclic) bond motifs is 1. The molecule has 0 bridgehead atoms. The molecule has 0 aliphatic carbocycles. The average molecular weight is 261 g/mol. The highest BCUT2D eigenvalue weighted by atomic mass is 16.2. The Kier molecular flexibility index (Phi) is 4.93. The van der Waals surface area contributed by atoms with Gasteiger partial charge in [-0.25, -0.2) is 0 Å². The van der Waals surface area contributed by atoms with Gasteiger partial charge in [0.25, 0.3) is 0 Å². The van der Waals surface area contributed by atoms with Crippen molar-refractivity contribution in [3.8, 4) is 0 Å². The topological polar surface area (TPSA) is 44.4 Å². The Hall–Kier alpha value is -1.39. The minimum Gasteiger partial charge on any atom is -0.355 e. The smallest absolute Gasteiger partial charge is 0.237 e. The first kappa shape index (κ1) is 14.0. The number of amides is 1. The lowest BCUT2D eigenvalue weighted by Crippen LogP contribution is -2.48. The van der Waals surface area contributed by atoms with E-state index in [9.17, 15) is 4.79 Å². The fraction of sp³-hybridized carbons (Fsp3) is 0.533. The van der Waals surface area contributed by atoms with Crippen molar-refractivity contribution < 1.29 is 4.79 Å². The fourth-order valence-corrected chi connectivity index (χ4v) is 2.37. The molecule has 19 heavy (non-hydrogen) atoms. The van der Waals surface area contributed by atoms with Gasteiger partial charge in [-0.2, -0.15) is 0 Å². The number of carbonyl (C=O) groups is 1. The molecule has 4 heteroatoms. The Morgan fingerprint density at radius 2 is 2.11 bits per heavy atom. The van der Waals surface area contributed by atoms with Crippen molar-refractivity contribution in [3.05, 3.63) is 35.4 Å². The summed E-state index contributed by atoms with van der Waals surface area (Å²) in [6, 6.07) is 8.23. The van der Waals surface area contributed by atoms with E-state index in [4.69, 9.17) is 0 Å².